The molecule has 0 saturated carbocycles. The highest BCUT2D eigenvalue weighted by Crippen LogP contribution is 2.39. The Hall–Kier alpha value is -2.94. The molecule has 1 aliphatic rings. The Kier molecular flexibility index (Phi) is 4.41. The number of nitrogens with two attached hydrogens (primary N) is 1. The summed E-state index contributed by atoms with van der Waals surface area (Å²) in [5.74, 6) is 0.579. The number of aromatic nitrogens is 2. The predicted octanol–water partition coefficient (Wildman–Crippen LogP) is 1.65. The average Bonchev–Trinajstić information content (AvgIpc) is 3.02. The molecule has 9 heteroatoms. The highest BCUT2D eigenvalue weighted by Gasteiger charge is 2.33. The normalized spacial score (nSPS) is 19.4. The van der Waals surface area contributed by atoms with E-state index in [0.29, 0.717) is 35.0 Å². The lowest BCUT2D eigenvalue weighted by Crippen LogP contribution is -2.45. The van der Waals surface area contributed by atoms with Gasteiger partial charge in [0.1, 0.15) is 0 Å². The Morgan fingerprint density at radius 2 is 2.24 bits per heavy atom. The van der Waals surface area contributed by atoms with Crippen LogP contribution < -0.4 is 16.0 Å². The number of hydrogen-bond acceptors (Lipinski definition) is 6. The van der Waals surface area contributed by atoms with E-state index in [1.54, 1.807) is 23.1 Å². The molecule has 1 aliphatic heterocycles. The van der Waals surface area contributed by atoms with E-state index in [9.17, 15) is 9.59 Å². The third-order valence-corrected chi connectivity index (χ3v) is 4.21. The summed E-state index contributed by atoms with van der Waals surface area (Å²) in [4.78, 5) is 29.0. The molecule has 2 atom stereocenters. The third-order valence-electron chi connectivity index (χ3n) is 4.21. The minimum absolute atomic E-state index is 0.0986. The SMILES string of the molecule is CC(=O)N1c2ccc(-c3nc(CN)no3)cc2[C@H](NC(=O)O)C[C@@H]1C. The van der Waals surface area contributed by atoms with Gasteiger partial charge in [0.2, 0.25) is 5.91 Å². The maximum atomic E-state index is 12.0. The molecule has 132 valence electrons. The van der Waals surface area contributed by atoms with E-state index < -0.39 is 12.1 Å². The van der Waals surface area contributed by atoms with Gasteiger partial charge >= 0.3 is 6.09 Å². The van der Waals surface area contributed by atoms with Crippen molar-refractivity contribution in [2.45, 2.75) is 38.9 Å². The van der Waals surface area contributed by atoms with E-state index in [1.807, 2.05) is 6.92 Å². The third kappa shape index (κ3) is 3.18. The molecular formula is C16H19N5O4. The maximum absolute atomic E-state index is 12.0. The molecule has 2 amide bonds. The van der Waals surface area contributed by atoms with E-state index >= 15 is 0 Å². The van der Waals surface area contributed by atoms with E-state index in [4.69, 9.17) is 15.4 Å². The standard InChI is InChI=1S/C16H19N5O4/c1-8-5-12(18-16(23)24)11-6-10(15-19-14(7-17)20-25-15)3-4-13(11)21(8)9(2)22/h3-4,6,8,12,18H,5,7,17H2,1-2H3,(H,23,24)/t8-,12+/m0/s1. The number of benzene rings is 1. The van der Waals surface area contributed by atoms with E-state index in [-0.39, 0.29) is 18.5 Å². The Morgan fingerprint density at radius 1 is 1.48 bits per heavy atom. The number of carboxylic acid groups (broad SMARTS) is 1. The first-order valence-electron chi connectivity index (χ1n) is 7.87. The molecule has 1 aromatic heterocycles. The second-order valence-electron chi connectivity index (χ2n) is 5.97. The number of amides is 2. The largest absolute Gasteiger partial charge is 0.465 e. The molecule has 0 saturated heterocycles. The van der Waals surface area contributed by atoms with Gasteiger partial charge in [-0.3, -0.25) is 4.79 Å². The zero-order valence-corrected chi connectivity index (χ0v) is 13.9. The van der Waals surface area contributed by atoms with Gasteiger partial charge in [-0.05, 0) is 37.1 Å². The fourth-order valence-electron chi connectivity index (χ4n) is 3.22. The van der Waals surface area contributed by atoms with Crippen LogP contribution in [0.25, 0.3) is 11.5 Å². The van der Waals surface area contributed by atoms with Crippen LogP contribution in [0.2, 0.25) is 0 Å². The second-order valence-corrected chi connectivity index (χ2v) is 5.97. The van der Waals surface area contributed by atoms with Crippen molar-refractivity contribution < 1.29 is 19.2 Å². The van der Waals surface area contributed by atoms with Crippen LogP contribution in [-0.2, 0) is 11.3 Å². The Morgan fingerprint density at radius 3 is 2.84 bits per heavy atom. The van der Waals surface area contributed by atoms with Gasteiger partial charge < -0.3 is 25.6 Å². The molecule has 0 spiro atoms. The highest BCUT2D eigenvalue weighted by atomic mass is 16.5. The van der Waals surface area contributed by atoms with Gasteiger partial charge in [0.15, 0.2) is 5.82 Å². The van der Waals surface area contributed by atoms with Crippen molar-refractivity contribution in [2.75, 3.05) is 4.90 Å². The van der Waals surface area contributed by atoms with E-state index in [0.717, 1.165) is 0 Å². The summed E-state index contributed by atoms with van der Waals surface area (Å²) in [7, 11) is 0. The number of carbonyl (C=O) groups excluding carboxylic acids is 1. The molecule has 0 unspecified atom stereocenters. The van der Waals surface area contributed by atoms with Gasteiger partial charge in [0.25, 0.3) is 5.89 Å². The fourth-order valence-corrected chi connectivity index (χ4v) is 3.22. The average molecular weight is 345 g/mol. The van der Waals surface area contributed by atoms with Crippen LogP contribution in [0.3, 0.4) is 0 Å². The van der Waals surface area contributed by atoms with Gasteiger partial charge in [-0.2, -0.15) is 4.98 Å². The molecule has 0 fully saturated rings. The highest BCUT2D eigenvalue weighted by molar-refractivity contribution is 5.94. The molecule has 4 N–H and O–H groups in total. The van der Waals surface area contributed by atoms with Crippen molar-refractivity contribution in [1.29, 1.82) is 0 Å². The molecule has 2 heterocycles. The predicted molar refractivity (Wildman–Crippen MR) is 88.8 cm³/mol. The summed E-state index contributed by atoms with van der Waals surface area (Å²) >= 11 is 0. The molecule has 0 aliphatic carbocycles. The van der Waals surface area contributed by atoms with Crippen LogP contribution >= 0.6 is 0 Å². The van der Waals surface area contributed by atoms with Crippen LogP contribution in [0, 0.1) is 0 Å². The number of fused-ring (bicyclic) bond motifs is 1. The number of anilines is 1. The maximum Gasteiger partial charge on any atom is 0.405 e. The number of hydrogen-bond donors (Lipinski definition) is 3. The Labute approximate surface area is 143 Å². The van der Waals surface area contributed by atoms with Crippen molar-refractivity contribution in [3.63, 3.8) is 0 Å². The molecule has 0 radical (unpaired) electrons. The molecule has 1 aromatic carbocycles. The van der Waals surface area contributed by atoms with E-state index in [2.05, 4.69) is 15.5 Å². The van der Waals surface area contributed by atoms with Gasteiger partial charge in [-0.25, -0.2) is 4.79 Å². The monoisotopic (exact) mass is 345 g/mol. The Bertz CT molecular complexity index is 819. The number of rotatable bonds is 3. The first kappa shape index (κ1) is 16.9. The molecule has 0 bridgehead atoms. The van der Waals surface area contributed by atoms with Crippen molar-refractivity contribution in [3.8, 4) is 11.5 Å². The van der Waals surface area contributed by atoms with Crippen LogP contribution in [-0.4, -0.2) is 33.3 Å². The van der Waals surface area contributed by atoms with Crippen LogP contribution in [0.4, 0.5) is 10.5 Å². The molecule has 2 aromatic rings. The zero-order chi connectivity index (χ0) is 18.1. The summed E-state index contributed by atoms with van der Waals surface area (Å²) in [5.41, 5.74) is 7.50. The lowest BCUT2D eigenvalue weighted by atomic mass is 9.90. The summed E-state index contributed by atoms with van der Waals surface area (Å²) in [5, 5.41) is 15.4. The summed E-state index contributed by atoms with van der Waals surface area (Å²) < 4.78 is 5.19. The second kappa shape index (κ2) is 6.52. The summed E-state index contributed by atoms with van der Waals surface area (Å²) in [6.07, 6.45) is -0.645. The summed E-state index contributed by atoms with van der Waals surface area (Å²) in [6, 6.07) is 4.74. The van der Waals surface area contributed by atoms with Crippen LogP contribution in [0.15, 0.2) is 22.7 Å². The van der Waals surface area contributed by atoms with Crippen molar-refractivity contribution in [2.24, 2.45) is 5.73 Å². The van der Waals surface area contributed by atoms with E-state index in [1.165, 1.54) is 6.92 Å². The molecule has 9 nitrogen and oxygen atoms in total. The van der Waals surface area contributed by atoms with Crippen LogP contribution in [0.1, 0.15) is 37.7 Å². The fraction of sp³-hybridized carbons (Fsp3) is 0.375. The van der Waals surface area contributed by atoms with Gasteiger partial charge in [0, 0.05) is 24.2 Å². The lowest BCUT2D eigenvalue weighted by molar-refractivity contribution is -0.117. The van der Waals surface area contributed by atoms with Crippen molar-refractivity contribution in [1.82, 2.24) is 15.5 Å². The van der Waals surface area contributed by atoms with Gasteiger partial charge in [-0.1, -0.05) is 5.16 Å². The lowest BCUT2D eigenvalue weighted by Gasteiger charge is -2.38. The quantitative estimate of drug-likeness (QED) is 0.769. The molecule has 3 rings (SSSR count). The zero-order valence-electron chi connectivity index (χ0n) is 13.9. The minimum atomic E-state index is -1.12. The Balaban J connectivity index is 2.08. The smallest absolute Gasteiger partial charge is 0.405 e. The van der Waals surface area contributed by atoms with Gasteiger partial charge in [-0.15, -0.1) is 0 Å². The first-order chi connectivity index (χ1) is 11.9. The van der Waals surface area contributed by atoms with Crippen molar-refractivity contribution in [3.05, 3.63) is 29.6 Å². The first-order valence-corrected chi connectivity index (χ1v) is 7.87. The van der Waals surface area contributed by atoms with Gasteiger partial charge in [0.05, 0.1) is 12.6 Å². The van der Waals surface area contributed by atoms with Crippen LogP contribution in [0.5, 0.6) is 0 Å². The molecule has 25 heavy (non-hydrogen) atoms. The summed E-state index contributed by atoms with van der Waals surface area (Å²) in [6.45, 7) is 3.54. The number of carbonyl (C=O) groups is 2. The molecular weight excluding hydrogens is 326 g/mol. The minimum Gasteiger partial charge on any atom is -0.465 e. The number of nitrogens with zero attached hydrogens (tertiary/aromatic N) is 3. The van der Waals surface area contributed by atoms with Crippen molar-refractivity contribution >= 4 is 17.7 Å². The topological polar surface area (TPSA) is 135 Å². The number of nitrogens with one attached hydrogen (secondary N) is 1.